The Hall–Kier alpha value is -2.42. The second kappa shape index (κ2) is 8.61. The fraction of sp³-hybridized carbons (Fsp3) is 0.625. The Morgan fingerprint density at radius 1 is 1.32 bits per heavy atom. The summed E-state index contributed by atoms with van der Waals surface area (Å²) in [5.74, 6) is 1.96. The molecule has 25 heavy (non-hydrogen) atoms. The van der Waals surface area contributed by atoms with E-state index in [9.17, 15) is 0 Å². The molecule has 0 aliphatic carbocycles. The van der Waals surface area contributed by atoms with Gasteiger partial charge >= 0.3 is 0 Å². The van der Waals surface area contributed by atoms with E-state index in [4.69, 9.17) is 4.52 Å². The van der Waals surface area contributed by atoms with Crippen molar-refractivity contribution in [2.24, 2.45) is 4.99 Å². The molecule has 0 saturated carbocycles. The summed E-state index contributed by atoms with van der Waals surface area (Å²) in [5.41, 5.74) is 0.983. The lowest BCUT2D eigenvalue weighted by Gasteiger charge is -2.36. The summed E-state index contributed by atoms with van der Waals surface area (Å²) in [6.45, 7) is 8.43. The molecule has 1 fully saturated rings. The van der Waals surface area contributed by atoms with Crippen molar-refractivity contribution in [1.29, 1.82) is 0 Å². The first-order valence-corrected chi connectivity index (χ1v) is 8.74. The summed E-state index contributed by atoms with van der Waals surface area (Å²) in [7, 11) is 1.83. The molecule has 1 aliphatic heterocycles. The van der Waals surface area contributed by atoms with Gasteiger partial charge in [0.1, 0.15) is 18.4 Å². The maximum Gasteiger partial charge on any atom is 0.193 e. The third kappa shape index (κ3) is 4.56. The van der Waals surface area contributed by atoms with Gasteiger partial charge in [-0.3, -0.25) is 9.89 Å². The molecule has 2 aromatic heterocycles. The number of rotatable bonds is 6. The van der Waals surface area contributed by atoms with Crippen LogP contribution in [0.5, 0.6) is 0 Å². The van der Waals surface area contributed by atoms with Crippen LogP contribution in [0.15, 0.2) is 28.2 Å². The number of hydrogen-bond acceptors (Lipinski definition) is 6. The molecule has 3 heterocycles. The number of nitrogens with one attached hydrogen (secondary N) is 1. The van der Waals surface area contributed by atoms with E-state index in [1.54, 1.807) is 12.6 Å². The second-order valence-electron chi connectivity index (χ2n) is 6.02. The highest BCUT2D eigenvalue weighted by Crippen LogP contribution is 2.07. The fourth-order valence-electron chi connectivity index (χ4n) is 3.03. The molecule has 1 N–H and O–H groups in total. The molecule has 0 aromatic carbocycles. The van der Waals surface area contributed by atoms with E-state index in [1.165, 1.54) is 0 Å². The fourth-order valence-corrected chi connectivity index (χ4v) is 3.03. The van der Waals surface area contributed by atoms with Crippen LogP contribution in [0.25, 0.3) is 0 Å². The third-order valence-corrected chi connectivity index (χ3v) is 4.41. The molecule has 0 radical (unpaired) electrons. The molecule has 0 unspecified atom stereocenters. The normalized spacial score (nSPS) is 16.4. The molecule has 3 rings (SSSR count). The van der Waals surface area contributed by atoms with E-state index < -0.39 is 0 Å². The first kappa shape index (κ1) is 17.4. The van der Waals surface area contributed by atoms with Crippen LogP contribution in [-0.2, 0) is 19.5 Å². The largest absolute Gasteiger partial charge is 0.364 e. The SMILES string of the molecule is CCc1nncn1CCNC(=NC)N1CCN(Cc2ccon2)CC1. The van der Waals surface area contributed by atoms with Gasteiger partial charge in [0.15, 0.2) is 5.96 Å². The first-order valence-electron chi connectivity index (χ1n) is 8.74. The summed E-state index contributed by atoms with van der Waals surface area (Å²) in [5, 5.41) is 15.5. The number of aromatic nitrogens is 4. The molecular weight excluding hydrogens is 320 g/mol. The molecule has 1 saturated heterocycles. The number of nitrogens with zero attached hydrogens (tertiary/aromatic N) is 7. The second-order valence-corrected chi connectivity index (χ2v) is 6.02. The molecule has 0 spiro atoms. The van der Waals surface area contributed by atoms with Gasteiger partial charge in [-0.1, -0.05) is 12.1 Å². The van der Waals surface area contributed by atoms with Crippen molar-refractivity contribution in [2.75, 3.05) is 39.8 Å². The van der Waals surface area contributed by atoms with Crippen molar-refractivity contribution in [3.63, 3.8) is 0 Å². The van der Waals surface area contributed by atoms with Gasteiger partial charge in [-0.25, -0.2) is 0 Å². The predicted molar refractivity (Wildman–Crippen MR) is 94.1 cm³/mol. The number of hydrogen-bond donors (Lipinski definition) is 1. The average molecular weight is 346 g/mol. The smallest absolute Gasteiger partial charge is 0.193 e. The van der Waals surface area contributed by atoms with Crippen LogP contribution in [0.3, 0.4) is 0 Å². The van der Waals surface area contributed by atoms with Crippen LogP contribution >= 0.6 is 0 Å². The lowest BCUT2D eigenvalue weighted by Crippen LogP contribution is -2.52. The summed E-state index contributed by atoms with van der Waals surface area (Å²) in [4.78, 5) is 9.10. The van der Waals surface area contributed by atoms with Gasteiger partial charge in [0.2, 0.25) is 0 Å². The molecule has 0 bridgehead atoms. The lowest BCUT2D eigenvalue weighted by atomic mass is 10.3. The van der Waals surface area contributed by atoms with E-state index in [2.05, 4.69) is 47.0 Å². The maximum atomic E-state index is 4.90. The van der Waals surface area contributed by atoms with Gasteiger partial charge in [-0.05, 0) is 0 Å². The van der Waals surface area contributed by atoms with Gasteiger partial charge in [-0.15, -0.1) is 10.2 Å². The zero-order valence-corrected chi connectivity index (χ0v) is 14.9. The molecule has 136 valence electrons. The van der Waals surface area contributed by atoms with Crippen molar-refractivity contribution >= 4 is 5.96 Å². The highest BCUT2D eigenvalue weighted by molar-refractivity contribution is 5.79. The molecule has 0 amide bonds. The van der Waals surface area contributed by atoms with Crippen molar-refractivity contribution in [3.05, 3.63) is 30.2 Å². The summed E-state index contributed by atoms with van der Waals surface area (Å²) >= 11 is 0. The van der Waals surface area contributed by atoms with Crippen molar-refractivity contribution in [2.45, 2.75) is 26.4 Å². The third-order valence-electron chi connectivity index (χ3n) is 4.41. The highest BCUT2D eigenvalue weighted by Gasteiger charge is 2.20. The van der Waals surface area contributed by atoms with E-state index in [1.807, 2.05) is 13.1 Å². The van der Waals surface area contributed by atoms with Crippen LogP contribution in [0, 0.1) is 0 Å². The number of aliphatic imine (C=N–C) groups is 1. The Kier molecular flexibility index (Phi) is 5.99. The van der Waals surface area contributed by atoms with Crippen LogP contribution in [-0.4, -0.2) is 75.5 Å². The number of piperazine rings is 1. The Bertz CT molecular complexity index is 657. The summed E-state index contributed by atoms with van der Waals surface area (Å²) < 4.78 is 6.98. The van der Waals surface area contributed by atoms with E-state index in [0.717, 1.165) is 69.7 Å². The van der Waals surface area contributed by atoms with Gasteiger partial charge < -0.3 is 19.3 Å². The standard InChI is InChI=1S/C16H26N8O/c1-3-15-20-19-13-24(15)6-5-18-16(17-2)23-9-7-22(8-10-23)12-14-4-11-25-21-14/h4,11,13H,3,5-10,12H2,1-2H3,(H,17,18). The maximum absolute atomic E-state index is 4.90. The van der Waals surface area contributed by atoms with E-state index >= 15 is 0 Å². The van der Waals surface area contributed by atoms with Crippen molar-refractivity contribution in [1.82, 2.24) is 35.0 Å². The molecule has 0 atom stereocenters. The molecule has 1 aliphatic rings. The van der Waals surface area contributed by atoms with E-state index in [-0.39, 0.29) is 0 Å². The monoisotopic (exact) mass is 346 g/mol. The van der Waals surface area contributed by atoms with Crippen LogP contribution in [0.4, 0.5) is 0 Å². The minimum atomic E-state index is 0.802. The zero-order chi connectivity index (χ0) is 17.5. The zero-order valence-electron chi connectivity index (χ0n) is 14.9. The molecule has 9 nitrogen and oxygen atoms in total. The summed E-state index contributed by atoms with van der Waals surface area (Å²) in [6, 6.07) is 1.92. The minimum Gasteiger partial charge on any atom is -0.364 e. The number of guanidine groups is 1. The molecule has 9 heteroatoms. The Morgan fingerprint density at radius 3 is 2.84 bits per heavy atom. The molecule has 2 aromatic rings. The molecular formula is C16H26N8O. The first-order chi connectivity index (χ1) is 12.3. The van der Waals surface area contributed by atoms with Gasteiger partial charge in [0.05, 0.1) is 5.69 Å². The topological polar surface area (TPSA) is 87.6 Å². The quantitative estimate of drug-likeness (QED) is 0.591. The van der Waals surface area contributed by atoms with Gasteiger partial charge in [-0.2, -0.15) is 0 Å². The van der Waals surface area contributed by atoms with Gasteiger partial charge in [0, 0.05) is 65.3 Å². The van der Waals surface area contributed by atoms with Crippen molar-refractivity contribution < 1.29 is 4.52 Å². The van der Waals surface area contributed by atoms with Gasteiger partial charge in [0.25, 0.3) is 0 Å². The van der Waals surface area contributed by atoms with Crippen LogP contribution < -0.4 is 5.32 Å². The van der Waals surface area contributed by atoms with E-state index in [0.29, 0.717) is 0 Å². The minimum absolute atomic E-state index is 0.802. The van der Waals surface area contributed by atoms with Crippen LogP contribution in [0.2, 0.25) is 0 Å². The predicted octanol–water partition coefficient (Wildman–Crippen LogP) is 0.222. The lowest BCUT2D eigenvalue weighted by molar-refractivity contribution is 0.169. The summed E-state index contributed by atoms with van der Waals surface area (Å²) in [6.07, 6.45) is 4.30. The highest BCUT2D eigenvalue weighted by atomic mass is 16.5. The van der Waals surface area contributed by atoms with Crippen molar-refractivity contribution in [3.8, 4) is 0 Å². The Morgan fingerprint density at radius 2 is 2.16 bits per heavy atom. The van der Waals surface area contributed by atoms with Crippen LogP contribution in [0.1, 0.15) is 18.4 Å². The average Bonchev–Trinajstić information content (AvgIpc) is 3.31. The number of aryl methyl sites for hydroxylation is 1. The Balaban J connectivity index is 1.43. The Labute approximate surface area is 147 Å².